The van der Waals surface area contributed by atoms with Gasteiger partial charge >= 0.3 is 0 Å². The van der Waals surface area contributed by atoms with Gasteiger partial charge in [-0.1, -0.05) is 66.7 Å². The lowest BCUT2D eigenvalue weighted by atomic mass is 9.95. The van der Waals surface area contributed by atoms with Crippen molar-refractivity contribution < 1.29 is 4.74 Å². The highest BCUT2D eigenvalue weighted by molar-refractivity contribution is 6.02. The van der Waals surface area contributed by atoms with E-state index in [9.17, 15) is 0 Å². The molecule has 0 aliphatic carbocycles. The van der Waals surface area contributed by atoms with E-state index in [1.807, 2.05) is 30.3 Å². The maximum absolute atomic E-state index is 5.91. The van der Waals surface area contributed by atoms with Crippen molar-refractivity contribution in [3.05, 3.63) is 90.5 Å². The van der Waals surface area contributed by atoms with Crippen LogP contribution < -0.4 is 4.74 Å². The summed E-state index contributed by atoms with van der Waals surface area (Å²) in [6.45, 7) is 0.683. The Balaban J connectivity index is 1.71. The Bertz CT molecular complexity index is 888. The zero-order valence-corrected chi connectivity index (χ0v) is 12.9. The zero-order chi connectivity index (χ0) is 15.5. The molecule has 0 radical (unpaired) electrons. The van der Waals surface area contributed by atoms with Crippen LogP contribution in [0.5, 0.6) is 5.75 Å². The van der Waals surface area contributed by atoms with Crippen LogP contribution in [0.1, 0.15) is 5.56 Å². The molecule has 0 atom stereocenters. The van der Waals surface area contributed by atoms with Crippen LogP contribution in [-0.4, -0.2) is 6.61 Å². The maximum atomic E-state index is 5.91. The van der Waals surface area contributed by atoms with Gasteiger partial charge in [0.25, 0.3) is 0 Å². The number of hydrogen-bond acceptors (Lipinski definition) is 1. The third-order valence-corrected chi connectivity index (χ3v) is 4.25. The number of fused-ring (bicyclic) bond motifs is 2. The molecule has 0 aliphatic heterocycles. The fourth-order valence-corrected chi connectivity index (χ4v) is 3.17. The van der Waals surface area contributed by atoms with E-state index in [0.29, 0.717) is 6.61 Å². The number of ether oxygens (including phenoxy) is 1. The molecule has 0 aromatic heterocycles. The van der Waals surface area contributed by atoms with Crippen molar-refractivity contribution in [1.29, 1.82) is 0 Å². The first kappa shape index (κ1) is 13.8. The summed E-state index contributed by atoms with van der Waals surface area (Å²) in [5.74, 6) is 0.928. The maximum Gasteiger partial charge on any atom is 0.119 e. The molecule has 1 heteroatoms. The molecule has 0 spiro atoms. The average molecular weight is 298 g/mol. The fourth-order valence-electron chi connectivity index (χ4n) is 3.17. The van der Waals surface area contributed by atoms with E-state index < -0.39 is 0 Å². The number of benzene rings is 4. The first-order chi connectivity index (χ1) is 11.4. The highest BCUT2D eigenvalue weighted by Crippen LogP contribution is 2.29. The highest BCUT2D eigenvalue weighted by atomic mass is 16.5. The van der Waals surface area contributed by atoms with Crippen molar-refractivity contribution in [1.82, 2.24) is 0 Å². The van der Waals surface area contributed by atoms with Gasteiger partial charge in [0.05, 0.1) is 6.61 Å². The Morgan fingerprint density at radius 3 is 1.83 bits per heavy atom. The van der Waals surface area contributed by atoms with Crippen LogP contribution >= 0.6 is 0 Å². The average Bonchev–Trinajstić information content (AvgIpc) is 2.62. The predicted molar refractivity (Wildman–Crippen MR) is 97.1 cm³/mol. The van der Waals surface area contributed by atoms with Gasteiger partial charge in [-0.15, -0.1) is 0 Å². The van der Waals surface area contributed by atoms with Crippen molar-refractivity contribution in [2.45, 2.75) is 6.42 Å². The van der Waals surface area contributed by atoms with Crippen LogP contribution in [0.15, 0.2) is 84.9 Å². The first-order valence-electron chi connectivity index (χ1n) is 7.99. The standard InChI is InChI=1S/C22H18O/c1-2-10-19(11-3-1)23-15-14-22-20-12-6-4-8-17(20)16-18-9-5-7-13-21(18)22/h1-13,16H,14-15H2. The lowest BCUT2D eigenvalue weighted by Crippen LogP contribution is -2.02. The lowest BCUT2D eigenvalue weighted by Gasteiger charge is -2.12. The van der Waals surface area contributed by atoms with E-state index in [1.54, 1.807) is 0 Å². The summed E-state index contributed by atoms with van der Waals surface area (Å²) in [6, 6.07) is 29.5. The van der Waals surface area contributed by atoms with Gasteiger partial charge in [0.2, 0.25) is 0 Å². The molecule has 4 aromatic rings. The monoisotopic (exact) mass is 298 g/mol. The largest absolute Gasteiger partial charge is 0.493 e. The molecule has 4 aromatic carbocycles. The Kier molecular flexibility index (Phi) is 3.69. The normalized spacial score (nSPS) is 11.0. The van der Waals surface area contributed by atoms with E-state index in [-0.39, 0.29) is 0 Å². The van der Waals surface area contributed by atoms with Gasteiger partial charge in [-0.3, -0.25) is 0 Å². The van der Waals surface area contributed by atoms with Crippen molar-refractivity contribution in [2.24, 2.45) is 0 Å². The minimum atomic E-state index is 0.683. The minimum Gasteiger partial charge on any atom is -0.493 e. The van der Waals surface area contributed by atoms with Crippen LogP contribution in [0.4, 0.5) is 0 Å². The summed E-state index contributed by atoms with van der Waals surface area (Å²) >= 11 is 0. The van der Waals surface area contributed by atoms with Crippen LogP contribution in [-0.2, 0) is 6.42 Å². The van der Waals surface area contributed by atoms with Gasteiger partial charge in [0.15, 0.2) is 0 Å². The van der Waals surface area contributed by atoms with E-state index in [4.69, 9.17) is 4.74 Å². The summed E-state index contributed by atoms with van der Waals surface area (Å²) in [4.78, 5) is 0. The molecule has 112 valence electrons. The van der Waals surface area contributed by atoms with Gasteiger partial charge in [-0.05, 0) is 45.3 Å². The minimum absolute atomic E-state index is 0.683. The summed E-state index contributed by atoms with van der Waals surface area (Å²) in [5, 5.41) is 5.23. The Hall–Kier alpha value is -2.80. The smallest absolute Gasteiger partial charge is 0.119 e. The summed E-state index contributed by atoms with van der Waals surface area (Å²) in [7, 11) is 0. The van der Waals surface area contributed by atoms with Gasteiger partial charge in [-0.25, -0.2) is 0 Å². The molecule has 0 heterocycles. The van der Waals surface area contributed by atoms with Gasteiger partial charge in [0.1, 0.15) is 5.75 Å². The zero-order valence-electron chi connectivity index (χ0n) is 12.9. The molecule has 0 aliphatic rings. The first-order valence-corrected chi connectivity index (χ1v) is 7.99. The lowest BCUT2D eigenvalue weighted by molar-refractivity contribution is 0.323. The molecule has 1 nitrogen and oxygen atoms in total. The number of rotatable bonds is 4. The molecule has 0 amide bonds. The molecule has 0 unspecified atom stereocenters. The molecule has 0 saturated carbocycles. The van der Waals surface area contributed by atoms with Crippen LogP contribution in [0.2, 0.25) is 0 Å². The molecule has 0 N–H and O–H groups in total. The summed E-state index contributed by atoms with van der Waals surface area (Å²) in [5.41, 5.74) is 1.37. The number of hydrogen-bond donors (Lipinski definition) is 0. The van der Waals surface area contributed by atoms with Gasteiger partial charge in [-0.2, -0.15) is 0 Å². The predicted octanol–water partition coefficient (Wildman–Crippen LogP) is 5.61. The summed E-state index contributed by atoms with van der Waals surface area (Å²) in [6.07, 6.45) is 0.900. The molecular weight excluding hydrogens is 280 g/mol. The van der Waals surface area contributed by atoms with Gasteiger partial charge in [0, 0.05) is 6.42 Å². The molecule has 23 heavy (non-hydrogen) atoms. The molecular formula is C22H18O. The van der Waals surface area contributed by atoms with E-state index in [0.717, 1.165) is 12.2 Å². The van der Waals surface area contributed by atoms with Crippen molar-refractivity contribution in [3.63, 3.8) is 0 Å². The molecule has 0 saturated heterocycles. The van der Waals surface area contributed by atoms with Crippen LogP contribution in [0, 0.1) is 0 Å². The Morgan fingerprint density at radius 1 is 0.609 bits per heavy atom. The topological polar surface area (TPSA) is 9.23 Å². The Morgan fingerprint density at radius 2 is 1.17 bits per heavy atom. The van der Waals surface area contributed by atoms with E-state index >= 15 is 0 Å². The van der Waals surface area contributed by atoms with Crippen LogP contribution in [0.3, 0.4) is 0 Å². The SMILES string of the molecule is c1ccc(OCCc2c3ccccc3cc3ccccc23)cc1. The van der Waals surface area contributed by atoms with Crippen molar-refractivity contribution in [3.8, 4) is 5.75 Å². The molecule has 0 bridgehead atoms. The molecule has 0 fully saturated rings. The molecule has 4 rings (SSSR count). The highest BCUT2D eigenvalue weighted by Gasteiger charge is 2.07. The number of para-hydroxylation sites is 1. The Labute approximate surface area is 136 Å². The quantitative estimate of drug-likeness (QED) is 0.445. The van der Waals surface area contributed by atoms with E-state index in [2.05, 4.69) is 54.6 Å². The summed E-state index contributed by atoms with van der Waals surface area (Å²) < 4.78 is 5.91. The second-order valence-electron chi connectivity index (χ2n) is 5.71. The fraction of sp³-hybridized carbons (Fsp3) is 0.0909. The van der Waals surface area contributed by atoms with E-state index in [1.165, 1.54) is 27.1 Å². The van der Waals surface area contributed by atoms with Crippen LogP contribution in [0.25, 0.3) is 21.5 Å². The third-order valence-electron chi connectivity index (χ3n) is 4.25. The second-order valence-corrected chi connectivity index (χ2v) is 5.71. The van der Waals surface area contributed by atoms with Crippen molar-refractivity contribution >= 4 is 21.5 Å². The second kappa shape index (κ2) is 6.13. The third kappa shape index (κ3) is 2.78. The van der Waals surface area contributed by atoms with Crippen molar-refractivity contribution in [2.75, 3.05) is 6.61 Å². The van der Waals surface area contributed by atoms with Gasteiger partial charge < -0.3 is 4.74 Å².